The van der Waals surface area contributed by atoms with Crippen LogP contribution in [0.5, 0.6) is 0 Å². The van der Waals surface area contributed by atoms with Gasteiger partial charge in [0.25, 0.3) is 0 Å². The van der Waals surface area contributed by atoms with E-state index in [1.165, 1.54) is 23.0 Å². The summed E-state index contributed by atoms with van der Waals surface area (Å²) in [4.78, 5) is 2.44. The molecule has 0 saturated heterocycles. The van der Waals surface area contributed by atoms with E-state index in [4.69, 9.17) is 0 Å². The Hall–Kier alpha value is -0.0800. The Balaban J connectivity index is 2.43. The van der Waals surface area contributed by atoms with Crippen LogP contribution in [0, 0.1) is 0 Å². The average Bonchev–Trinajstić information content (AvgIpc) is 2.07. The van der Waals surface area contributed by atoms with Gasteiger partial charge in [-0.3, -0.25) is 4.90 Å². The molecule has 0 atom stereocenters. The molecule has 1 heterocycles. The van der Waals surface area contributed by atoms with Gasteiger partial charge in [-0.05, 0) is 20.3 Å². The zero-order valence-electron chi connectivity index (χ0n) is 7.81. The van der Waals surface area contributed by atoms with Gasteiger partial charge in [0.15, 0.2) is 0 Å². The maximum Gasteiger partial charge on any atom is 0.0302 e. The van der Waals surface area contributed by atoms with Gasteiger partial charge in [0.05, 0.1) is 0 Å². The van der Waals surface area contributed by atoms with Crippen LogP contribution >= 0.6 is 15.9 Å². The minimum atomic E-state index is 1.08. The Morgan fingerprint density at radius 2 is 2.33 bits per heavy atom. The fourth-order valence-corrected chi connectivity index (χ4v) is 1.83. The first-order valence-electron chi connectivity index (χ1n) is 4.41. The van der Waals surface area contributed by atoms with Crippen LogP contribution in [-0.4, -0.2) is 24.5 Å². The SMILES string of the molecule is C/C=C/CN1CCC(C)=C(Br)C1. The van der Waals surface area contributed by atoms with Crippen molar-refractivity contribution in [2.45, 2.75) is 20.3 Å². The van der Waals surface area contributed by atoms with Crippen LogP contribution in [0.4, 0.5) is 0 Å². The van der Waals surface area contributed by atoms with Crippen molar-refractivity contribution in [3.8, 4) is 0 Å². The van der Waals surface area contributed by atoms with Crippen molar-refractivity contribution < 1.29 is 0 Å². The fraction of sp³-hybridized carbons (Fsp3) is 0.600. The Bertz CT molecular complexity index is 206. The quantitative estimate of drug-likeness (QED) is 0.659. The second-order valence-corrected chi connectivity index (χ2v) is 4.20. The molecule has 2 heteroatoms. The van der Waals surface area contributed by atoms with Crippen molar-refractivity contribution in [3.63, 3.8) is 0 Å². The standard InChI is InChI=1S/C10H16BrN/c1-3-4-6-12-7-5-9(2)10(11)8-12/h3-4H,5-8H2,1-2H3/b4-3+. The maximum atomic E-state index is 3.60. The van der Waals surface area contributed by atoms with Crippen LogP contribution < -0.4 is 0 Å². The molecular formula is C10H16BrN. The first-order chi connectivity index (χ1) is 5.74. The highest BCUT2D eigenvalue weighted by atomic mass is 79.9. The molecule has 0 aromatic rings. The molecule has 68 valence electrons. The largest absolute Gasteiger partial charge is 0.295 e. The Morgan fingerprint density at radius 1 is 1.58 bits per heavy atom. The van der Waals surface area contributed by atoms with Gasteiger partial charge >= 0.3 is 0 Å². The molecule has 0 amide bonds. The summed E-state index contributed by atoms with van der Waals surface area (Å²) < 4.78 is 1.37. The molecule has 0 aromatic carbocycles. The molecule has 1 aliphatic rings. The molecule has 0 aromatic heterocycles. The summed E-state index contributed by atoms with van der Waals surface area (Å²) in [6, 6.07) is 0. The van der Waals surface area contributed by atoms with Gasteiger partial charge in [-0.1, -0.05) is 33.7 Å². The highest BCUT2D eigenvalue weighted by Gasteiger charge is 2.12. The van der Waals surface area contributed by atoms with E-state index in [0.717, 1.165) is 13.1 Å². The van der Waals surface area contributed by atoms with Crippen molar-refractivity contribution in [1.29, 1.82) is 0 Å². The number of rotatable bonds is 2. The van der Waals surface area contributed by atoms with Crippen LogP contribution in [0.15, 0.2) is 22.2 Å². The summed E-state index contributed by atoms with van der Waals surface area (Å²) >= 11 is 3.60. The van der Waals surface area contributed by atoms with Gasteiger partial charge in [0.2, 0.25) is 0 Å². The van der Waals surface area contributed by atoms with Gasteiger partial charge in [-0.15, -0.1) is 0 Å². The minimum absolute atomic E-state index is 1.08. The molecule has 0 N–H and O–H groups in total. The lowest BCUT2D eigenvalue weighted by Crippen LogP contribution is -2.30. The Morgan fingerprint density at radius 3 is 2.92 bits per heavy atom. The maximum absolute atomic E-state index is 3.60. The average molecular weight is 230 g/mol. The topological polar surface area (TPSA) is 3.24 Å². The molecule has 0 fully saturated rings. The van der Waals surface area contributed by atoms with Crippen LogP contribution in [0.25, 0.3) is 0 Å². The van der Waals surface area contributed by atoms with Crippen molar-refractivity contribution in [2.24, 2.45) is 0 Å². The molecule has 0 bridgehead atoms. The molecule has 0 unspecified atom stereocenters. The van der Waals surface area contributed by atoms with Crippen LogP contribution in [0.2, 0.25) is 0 Å². The van der Waals surface area contributed by atoms with E-state index in [-0.39, 0.29) is 0 Å². The number of hydrogen-bond acceptors (Lipinski definition) is 1. The van der Waals surface area contributed by atoms with E-state index < -0.39 is 0 Å². The highest BCUT2D eigenvalue weighted by molar-refractivity contribution is 9.11. The first-order valence-corrected chi connectivity index (χ1v) is 5.21. The van der Waals surface area contributed by atoms with Crippen molar-refractivity contribution in [1.82, 2.24) is 4.90 Å². The van der Waals surface area contributed by atoms with Crippen molar-refractivity contribution in [3.05, 3.63) is 22.2 Å². The monoisotopic (exact) mass is 229 g/mol. The third kappa shape index (κ3) is 2.76. The molecule has 0 aliphatic carbocycles. The van der Waals surface area contributed by atoms with Gasteiger partial charge in [-0.2, -0.15) is 0 Å². The zero-order chi connectivity index (χ0) is 8.97. The second-order valence-electron chi connectivity index (χ2n) is 3.24. The molecular weight excluding hydrogens is 214 g/mol. The summed E-state index contributed by atoms with van der Waals surface area (Å²) in [6.45, 7) is 7.64. The minimum Gasteiger partial charge on any atom is -0.295 e. The van der Waals surface area contributed by atoms with Gasteiger partial charge in [0.1, 0.15) is 0 Å². The summed E-state index contributed by atoms with van der Waals surface area (Å²) in [7, 11) is 0. The second kappa shape index (κ2) is 4.83. The third-order valence-electron chi connectivity index (χ3n) is 2.23. The summed E-state index contributed by atoms with van der Waals surface area (Å²) in [5.74, 6) is 0. The third-order valence-corrected chi connectivity index (χ3v) is 3.16. The van der Waals surface area contributed by atoms with Gasteiger partial charge < -0.3 is 0 Å². The molecule has 12 heavy (non-hydrogen) atoms. The fourth-order valence-electron chi connectivity index (χ4n) is 1.28. The lowest BCUT2D eigenvalue weighted by molar-refractivity contribution is 0.323. The van der Waals surface area contributed by atoms with E-state index in [0.29, 0.717) is 0 Å². The molecule has 1 aliphatic heterocycles. The highest BCUT2D eigenvalue weighted by Crippen LogP contribution is 2.21. The number of hydrogen-bond donors (Lipinski definition) is 0. The first kappa shape index (κ1) is 10.0. The summed E-state index contributed by atoms with van der Waals surface area (Å²) in [5.41, 5.74) is 1.51. The molecule has 0 spiro atoms. The van der Waals surface area contributed by atoms with Crippen LogP contribution in [0.1, 0.15) is 20.3 Å². The van der Waals surface area contributed by atoms with Gasteiger partial charge in [0, 0.05) is 24.1 Å². The number of halogens is 1. The van der Waals surface area contributed by atoms with E-state index in [2.05, 4.69) is 46.8 Å². The molecule has 1 nitrogen and oxygen atoms in total. The Labute approximate surface area is 83.3 Å². The zero-order valence-corrected chi connectivity index (χ0v) is 9.39. The van der Waals surface area contributed by atoms with Crippen LogP contribution in [0.3, 0.4) is 0 Å². The van der Waals surface area contributed by atoms with E-state index >= 15 is 0 Å². The number of nitrogens with zero attached hydrogens (tertiary/aromatic N) is 1. The van der Waals surface area contributed by atoms with E-state index in [9.17, 15) is 0 Å². The lowest BCUT2D eigenvalue weighted by Gasteiger charge is -2.26. The van der Waals surface area contributed by atoms with Crippen molar-refractivity contribution >= 4 is 15.9 Å². The molecule has 0 saturated carbocycles. The predicted molar refractivity (Wildman–Crippen MR) is 57.5 cm³/mol. The molecule has 1 rings (SSSR count). The van der Waals surface area contributed by atoms with E-state index in [1.807, 2.05) is 0 Å². The predicted octanol–water partition coefficient (Wildman–Crippen LogP) is 2.94. The smallest absolute Gasteiger partial charge is 0.0302 e. The van der Waals surface area contributed by atoms with Crippen LogP contribution in [-0.2, 0) is 0 Å². The number of allylic oxidation sites excluding steroid dienone is 1. The Kier molecular flexibility index (Phi) is 4.02. The van der Waals surface area contributed by atoms with Crippen molar-refractivity contribution in [2.75, 3.05) is 19.6 Å². The lowest BCUT2D eigenvalue weighted by atomic mass is 10.1. The normalized spacial score (nSPS) is 20.9. The summed E-state index contributed by atoms with van der Waals surface area (Å²) in [6.07, 6.45) is 5.53. The van der Waals surface area contributed by atoms with E-state index in [1.54, 1.807) is 0 Å². The molecule has 0 radical (unpaired) electrons. The summed E-state index contributed by atoms with van der Waals surface area (Å²) in [5, 5.41) is 0. The van der Waals surface area contributed by atoms with Gasteiger partial charge in [-0.25, -0.2) is 0 Å².